The van der Waals surface area contributed by atoms with Gasteiger partial charge in [-0.1, -0.05) is 30.3 Å². The maximum absolute atomic E-state index is 13.0. The van der Waals surface area contributed by atoms with Gasteiger partial charge in [0.15, 0.2) is 0 Å². The topological polar surface area (TPSA) is 47.6 Å². The van der Waals surface area contributed by atoms with Crippen LogP contribution in [0.4, 0.5) is 0 Å². The molecule has 1 aromatic rings. The zero-order valence-electron chi connectivity index (χ0n) is 14.8. The van der Waals surface area contributed by atoms with Crippen LogP contribution < -0.4 is 10.6 Å². The number of piperidine rings is 1. The number of amides is 1. The summed E-state index contributed by atoms with van der Waals surface area (Å²) < 4.78 is 0. The van der Waals surface area contributed by atoms with Gasteiger partial charge in [0.25, 0.3) is 0 Å². The third-order valence-electron chi connectivity index (χ3n) is 4.95. The monoisotopic (exact) mass is 388 g/mol. The SMILES string of the molecule is CN1CCN(C(C(=O)NC2CCNCC2)c2ccccc2)CC1.Cl.Cl. The van der Waals surface area contributed by atoms with Gasteiger partial charge in [0.2, 0.25) is 5.91 Å². The number of carbonyl (C=O) groups is 1. The molecule has 1 amide bonds. The Bertz CT molecular complexity index is 503. The van der Waals surface area contributed by atoms with Gasteiger partial charge in [-0.3, -0.25) is 9.69 Å². The molecule has 0 aromatic heterocycles. The molecule has 142 valence electrons. The summed E-state index contributed by atoms with van der Waals surface area (Å²) in [5.41, 5.74) is 1.10. The van der Waals surface area contributed by atoms with Crippen LogP contribution in [0, 0.1) is 0 Å². The van der Waals surface area contributed by atoms with Crippen LogP contribution in [0.15, 0.2) is 30.3 Å². The molecule has 0 spiro atoms. The number of hydrogen-bond acceptors (Lipinski definition) is 4. The molecule has 2 aliphatic heterocycles. The van der Waals surface area contributed by atoms with Crippen LogP contribution in [0.1, 0.15) is 24.4 Å². The molecule has 1 atom stereocenters. The summed E-state index contributed by atoms with van der Waals surface area (Å²) in [5, 5.41) is 6.64. The van der Waals surface area contributed by atoms with Gasteiger partial charge < -0.3 is 15.5 Å². The summed E-state index contributed by atoms with van der Waals surface area (Å²) in [6.45, 7) is 5.91. The van der Waals surface area contributed by atoms with Crippen LogP contribution in [0.3, 0.4) is 0 Å². The van der Waals surface area contributed by atoms with Crippen LogP contribution in [0.25, 0.3) is 0 Å². The quantitative estimate of drug-likeness (QED) is 0.823. The van der Waals surface area contributed by atoms with Gasteiger partial charge in [-0.05, 0) is 38.5 Å². The Hall–Kier alpha value is -0.850. The van der Waals surface area contributed by atoms with E-state index >= 15 is 0 Å². The van der Waals surface area contributed by atoms with E-state index in [2.05, 4.69) is 39.6 Å². The van der Waals surface area contributed by atoms with E-state index in [1.807, 2.05) is 18.2 Å². The van der Waals surface area contributed by atoms with Crippen LogP contribution in [0.5, 0.6) is 0 Å². The highest BCUT2D eigenvalue weighted by Gasteiger charge is 2.31. The first-order chi connectivity index (χ1) is 11.2. The number of likely N-dealkylation sites (N-methyl/N-ethyl adjacent to an activating group) is 1. The molecule has 1 aromatic carbocycles. The molecule has 2 N–H and O–H groups in total. The van der Waals surface area contributed by atoms with E-state index in [0.717, 1.165) is 57.7 Å². The van der Waals surface area contributed by atoms with Crippen molar-refractivity contribution in [3.8, 4) is 0 Å². The molecule has 0 bridgehead atoms. The van der Waals surface area contributed by atoms with E-state index < -0.39 is 0 Å². The van der Waals surface area contributed by atoms with Gasteiger partial charge >= 0.3 is 0 Å². The van der Waals surface area contributed by atoms with Crippen molar-refractivity contribution in [2.45, 2.75) is 24.9 Å². The van der Waals surface area contributed by atoms with E-state index in [4.69, 9.17) is 0 Å². The Kier molecular flexibility index (Phi) is 9.75. The maximum atomic E-state index is 13.0. The fraction of sp³-hybridized carbons (Fsp3) is 0.611. The van der Waals surface area contributed by atoms with E-state index in [0.29, 0.717) is 6.04 Å². The number of nitrogens with zero attached hydrogens (tertiary/aromatic N) is 2. The van der Waals surface area contributed by atoms with Gasteiger partial charge in [-0.25, -0.2) is 0 Å². The van der Waals surface area contributed by atoms with Crippen molar-refractivity contribution in [1.29, 1.82) is 0 Å². The summed E-state index contributed by atoms with van der Waals surface area (Å²) in [6, 6.07) is 10.3. The Morgan fingerprint density at radius 1 is 1.08 bits per heavy atom. The Balaban J connectivity index is 0.00000156. The van der Waals surface area contributed by atoms with Crippen LogP contribution >= 0.6 is 24.8 Å². The number of carbonyl (C=O) groups excluding carboxylic acids is 1. The first-order valence-electron chi connectivity index (χ1n) is 8.72. The normalized spacial score (nSPS) is 20.8. The first kappa shape index (κ1) is 22.2. The number of benzene rings is 1. The summed E-state index contributed by atoms with van der Waals surface area (Å²) >= 11 is 0. The molecule has 25 heavy (non-hydrogen) atoms. The second-order valence-corrected chi connectivity index (χ2v) is 6.69. The average Bonchev–Trinajstić information content (AvgIpc) is 2.59. The molecular weight excluding hydrogens is 359 g/mol. The van der Waals surface area contributed by atoms with Crippen LogP contribution in [-0.2, 0) is 4.79 Å². The lowest BCUT2D eigenvalue weighted by Crippen LogP contribution is -2.52. The van der Waals surface area contributed by atoms with Gasteiger partial charge in [0, 0.05) is 32.2 Å². The number of rotatable bonds is 4. The fourth-order valence-corrected chi connectivity index (χ4v) is 3.49. The van der Waals surface area contributed by atoms with Crippen molar-refractivity contribution in [2.24, 2.45) is 0 Å². The summed E-state index contributed by atoms with van der Waals surface area (Å²) in [7, 11) is 2.14. The minimum atomic E-state index is -0.167. The largest absolute Gasteiger partial charge is 0.352 e. The van der Waals surface area contributed by atoms with Gasteiger partial charge in [-0.2, -0.15) is 0 Å². The molecular formula is C18H30Cl2N4O. The maximum Gasteiger partial charge on any atom is 0.242 e. The predicted molar refractivity (Wildman–Crippen MR) is 107 cm³/mol. The van der Waals surface area contributed by atoms with E-state index in [1.54, 1.807) is 0 Å². The first-order valence-corrected chi connectivity index (χ1v) is 8.72. The Morgan fingerprint density at radius 3 is 2.28 bits per heavy atom. The molecule has 2 fully saturated rings. The highest BCUT2D eigenvalue weighted by Crippen LogP contribution is 2.23. The number of nitrogens with one attached hydrogen (secondary N) is 2. The van der Waals surface area contributed by atoms with Crippen molar-refractivity contribution in [3.05, 3.63) is 35.9 Å². The third kappa shape index (κ3) is 6.12. The summed E-state index contributed by atoms with van der Waals surface area (Å²) in [4.78, 5) is 17.7. The van der Waals surface area contributed by atoms with Crippen LogP contribution in [0.2, 0.25) is 0 Å². The van der Waals surface area contributed by atoms with Gasteiger partial charge in [0.05, 0.1) is 0 Å². The smallest absolute Gasteiger partial charge is 0.242 e. The van der Waals surface area contributed by atoms with E-state index in [1.165, 1.54) is 0 Å². The van der Waals surface area contributed by atoms with E-state index in [-0.39, 0.29) is 36.8 Å². The van der Waals surface area contributed by atoms with E-state index in [9.17, 15) is 4.79 Å². The molecule has 7 heteroatoms. The highest BCUT2D eigenvalue weighted by molar-refractivity contribution is 5.85. The van der Waals surface area contributed by atoms with Crippen molar-refractivity contribution < 1.29 is 4.79 Å². The molecule has 0 saturated carbocycles. The van der Waals surface area contributed by atoms with Gasteiger partial charge in [-0.15, -0.1) is 24.8 Å². The summed E-state index contributed by atoms with van der Waals surface area (Å²) in [6.07, 6.45) is 2.05. The second kappa shape index (κ2) is 11.0. The van der Waals surface area contributed by atoms with Gasteiger partial charge in [0.1, 0.15) is 6.04 Å². The molecule has 2 heterocycles. The van der Waals surface area contributed by atoms with Crippen LogP contribution in [-0.4, -0.2) is 68.1 Å². The molecule has 0 aliphatic carbocycles. The van der Waals surface area contributed by atoms with Crippen molar-refractivity contribution >= 4 is 30.7 Å². The zero-order chi connectivity index (χ0) is 16.1. The zero-order valence-corrected chi connectivity index (χ0v) is 16.5. The lowest BCUT2D eigenvalue weighted by molar-refractivity contribution is -0.128. The van der Waals surface area contributed by atoms with Crippen molar-refractivity contribution in [2.75, 3.05) is 46.3 Å². The predicted octanol–water partition coefficient (Wildman–Crippen LogP) is 1.69. The lowest BCUT2D eigenvalue weighted by Gasteiger charge is -2.38. The van der Waals surface area contributed by atoms with Crippen molar-refractivity contribution in [1.82, 2.24) is 20.4 Å². The Morgan fingerprint density at radius 2 is 1.68 bits per heavy atom. The molecule has 0 radical (unpaired) electrons. The second-order valence-electron chi connectivity index (χ2n) is 6.69. The fourth-order valence-electron chi connectivity index (χ4n) is 3.49. The number of halogens is 2. The minimum Gasteiger partial charge on any atom is -0.352 e. The highest BCUT2D eigenvalue weighted by atomic mass is 35.5. The molecule has 1 unspecified atom stereocenters. The lowest BCUT2D eigenvalue weighted by atomic mass is 10.0. The third-order valence-corrected chi connectivity index (χ3v) is 4.95. The minimum absolute atomic E-state index is 0. The summed E-state index contributed by atoms with van der Waals surface area (Å²) in [5.74, 6) is 0.160. The standard InChI is InChI=1S/C18H28N4O.2ClH/c1-21-11-13-22(14-12-21)17(15-5-3-2-4-6-15)18(23)20-16-7-9-19-10-8-16;;/h2-6,16-17,19H,7-14H2,1H3,(H,20,23);2*1H. The molecule has 2 saturated heterocycles. The van der Waals surface area contributed by atoms with Crippen molar-refractivity contribution in [3.63, 3.8) is 0 Å². The molecule has 3 rings (SSSR count). The molecule has 2 aliphatic rings. The molecule has 5 nitrogen and oxygen atoms in total. The average molecular weight is 389 g/mol. The Labute approximate surface area is 163 Å². The number of piperazine rings is 1. The number of hydrogen-bond donors (Lipinski definition) is 2.